The molecule has 0 saturated carbocycles. The Hall–Kier alpha value is -0.650. The van der Waals surface area contributed by atoms with Crippen LogP contribution in [-0.2, 0) is 9.53 Å². The van der Waals surface area contributed by atoms with Gasteiger partial charge < -0.3 is 20.7 Å². The van der Waals surface area contributed by atoms with Gasteiger partial charge in [0.05, 0.1) is 19.3 Å². The third-order valence-corrected chi connectivity index (χ3v) is 3.50. The number of carbonyl (C=O) groups is 1. The van der Waals surface area contributed by atoms with E-state index in [0.29, 0.717) is 32.2 Å². The number of rotatable bonds is 2. The molecule has 92 valence electrons. The van der Waals surface area contributed by atoms with Crippen molar-refractivity contribution >= 4 is 5.91 Å². The summed E-state index contributed by atoms with van der Waals surface area (Å²) >= 11 is 0. The Morgan fingerprint density at radius 3 is 2.56 bits per heavy atom. The molecule has 0 aromatic carbocycles. The van der Waals surface area contributed by atoms with Crippen LogP contribution in [0.1, 0.15) is 12.8 Å². The molecule has 2 saturated heterocycles. The fraction of sp³-hybridized carbons (Fsp3) is 0.909. The lowest BCUT2D eigenvalue weighted by molar-refractivity contribution is -0.138. The van der Waals surface area contributed by atoms with Crippen molar-refractivity contribution in [1.29, 1.82) is 0 Å². The summed E-state index contributed by atoms with van der Waals surface area (Å²) in [6.45, 7) is 4.63. The summed E-state index contributed by atoms with van der Waals surface area (Å²) in [7, 11) is 0. The highest BCUT2D eigenvalue weighted by molar-refractivity contribution is 5.82. The standard InChI is InChI=1S/C11H21N3O2/c12-10(9-1-3-13-4-2-9)11(15)14-5-7-16-8-6-14/h9-10,13H,1-8,12H2. The maximum absolute atomic E-state index is 12.1. The van der Waals surface area contributed by atoms with Gasteiger partial charge in [-0.2, -0.15) is 0 Å². The molecule has 0 aromatic heterocycles. The number of piperidine rings is 1. The highest BCUT2D eigenvalue weighted by atomic mass is 16.5. The van der Waals surface area contributed by atoms with Gasteiger partial charge in [0.25, 0.3) is 0 Å². The Morgan fingerprint density at radius 1 is 1.31 bits per heavy atom. The maximum Gasteiger partial charge on any atom is 0.239 e. The van der Waals surface area contributed by atoms with E-state index in [2.05, 4.69) is 5.32 Å². The molecule has 5 nitrogen and oxygen atoms in total. The molecule has 0 aromatic rings. The lowest BCUT2D eigenvalue weighted by atomic mass is 9.90. The molecule has 0 radical (unpaired) electrons. The van der Waals surface area contributed by atoms with Crippen molar-refractivity contribution in [1.82, 2.24) is 10.2 Å². The molecule has 0 spiro atoms. The lowest BCUT2D eigenvalue weighted by Crippen LogP contribution is -2.52. The van der Waals surface area contributed by atoms with Crippen LogP contribution in [-0.4, -0.2) is 56.2 Å². The van der Waals surface area contributed by atoms with Crippen molar-refractivity contribution in [3.8, 4) is 0 Å². The molecule has 2 aliphatic rings. The molecule has 0 bridgehead atoms. The van der Waals surface area contributed by atoms with E-state index in [1.807, 2.05) is 4.90 Å². The minimum atomic E-state index is -0.319. The molecule has 2 heterocycles. The van der Waals surface area contributed by atoms with Gasteiger partial charge >= 0.3 is 0 Å². The maximum atomic E-state index is 12.1. The summed E-state index contributed by atoms with van der Waals surface area (Å²) in [4.78, 5) is 14.0. The van der Waals surface area contributed by atoms with E-state index < -0.39 is 0 Å². The molecule has 5 heteroatoms. The van der Waals surface area contributed by atoms with Crippen LogP contribution in [0.4, 0.5) is 0 Å². The zero-order chi connectivity index (χ0) is 11.4. The minimum Gasteiger partial charge on any atom is -0.378 e. The first-order chi connectivity index (χ1) is 7.79. The van der Waals surface area contributed by atoms with E-state index in [9.17, 15) is 4.79 Å². The van der Waals surface area contributed by atoms with Crippen molar-refractivity contribution in [3.63, 3.8) is 0 Å². The number of nitrogens with one attached hydrogen (secondary N) is 1. The minimum absolute atomic E-state index is 0.107. The fourth-order valence-corrected chi connectivity index (χ4v) is 2.40. The van der Waals surface area contributed by atoms with Gasteiger partial charge in [0.1, 0.15) is 0 Å². The summed E-state index contributed by atoms with van der Waals surface area (Å²) in [5.74, 6) is 0.451. The molecule has 16 heavy (non-hydrogen) atoms. The highest BCUT2D eigenvalue weighted by Crippen LogP contribution is 2.17. The van der Waals surface area contributed by atoms with Crippen LogP contribution in [0.15, 0.2) is 0 Å². The second kappa shape index (κ2) is 5.61. The van der Waals surface area contributed by atoms with E-state index in [-0.39, 0.29) is 11.9 Å². The molecule has 2 aliphatic heterocycles. The van der Waals surface area contributed by atoms with Gasteiger partial charge in [-0.25, -0.2) is 0 Å². The molecular weight excluding hydrogens is 206 g/mol. The van der Waals surface area contributed by atoms with Crippen molar-refractivity contribution in [3.05, 3.63) is 0 Å². The van der Waals surface area contributed by atoms with Crippen molar-refractivity contribution in [2.24, 2.45) is 11.7 Å². The topological polar surface area (TPSA) is 67.6 Å². The van der Waals surface area contributed by atoms with Crippen molar-refractivity contribution < 1.29 is 9.53 Å². The third kappa shape index (κ3) is 2.72. The van der Waals surface area contributed by atoms with Gasteiger partial charge in [0.2, 0.25) is 5.91 Å². The van der Waals surface area contributed by atoms with Crippen LogP contribution >= 0.6 is 0 Å². The summed E-state index contributed by atoms with van der Waals surface area (Å²) in [6.07, 6.45) is 2.02. The third-order valence-electron chi connectivity index (χ3n) is 3.50. The quantitative estimate of drug-likeness (QED) is 0.646. The van der Waals surface area contributed by atoms with Gasteiger partial charge in [0.15, 0.2) is 0 Å². The Morgan fingerprint density at radius 2 is 1.94 bits per heavy atom. The van der Waals surface area contributed by atoms with Crippen LogP contribution in [0.3, 0.4) is 0 Å². The molecule has 1 unspecified atom stereocenters. The van der Waals surface area contributed by atoms with Crippen molar-refractivity contribution in [2.75, 3.05) is 39.4 Å². The molecule has 1 amide bonds. The first kappa shape index (κ1) is 11.8. The van der Waals surface area contributed by atoms with Crippen LogP contribution in [0.2, 0.25) is 0 Å². The predicted molar refractivity (Wildman–Crippen MR) is 61.0 cm³/mol. The second-order valence-corrected chi connectivity index (χ2v) is 4.55. The zero-order valence-corrected chi connectivity index (χ0v) is 9.65. The highest BCUT2D eigenvalue weighted by Gasteiger charge is 2.30. The van der Waals surface area contributed by atoms with E-state index >= 15 is 0 Å². The summed E-state index contributed by atoms with van der Waals surface area (Å²) in [6, 6.07) is -0.319. The van der Waals surface area contributed by atoms with Gasteiger partial charge in [0, 0.05) is 13.1 Å². The largest absolute Gasteiger partial charge is 0.378 e. The van der Waals surface area contributed by atoms with Crippen molar-refractivity contribution in [2.45, 2.75) is 18.9 Å². The molecule has 1 atom stereocenters. The van der Waals surface area contributed by atoms with Crippen LogP contribution in [0.5, 0.6) is 0 Å². The Bertz CT molecular complexity index is 235. The molecular formula is C11H21N3O2. The van der Waals surface area contributed by atoms with Crippen LogP contribution < -0.4 is 11.1 Å². The monoisotopic (exact) mass is 227 g/mol. The van der Waals surface area contributed by atoms with Gasteiger partial charge in [-0.3, -0.25) is 4.79 Å². The zero-order valence-electron chi connectivity index (χ0n) is 9.65. The molecule has 0 aliphatic carbocycles. The number of hydrogen-bond acceptors (Lipinski definition) is 4. The normalized spacial score (nSPS) is 25.4. The van der Waals surface area contributed by atoms with E-state index in [1.165, 1.54) is 0 Å². The van der Waals surface area contributed by atoms with Gasteiger partial charge in [-0.05, 0) is 31.8 Å². The number of amides is 1. The SMILES string of the molecule is NC(C(=O)N1CCOCC1)C1CCNCC1. The van der Waals surface area contributed by atoms with E-state index in [1.54, 1.807) is 0 Å². The predicted octanol–water partition coefficient (Wildman–Crippen LogP) is -0.828. The Labute approximate surface area is 96.3 Å². The second-order valence-electron chi connectivity index (χ2n) is 4.55. The summed E-state index contributed by atoms with van der Waals surface area (Å²) < 4.78 is 5.23. The van der Waals surface area contributed by atoms with Gasteiger partial charge in [-0.1, -0.05) is 0 Å². The van der Waals surface area contributed by atoms with E-state index in [0.717, 1.165) is 25.9 Å². The van der Waals surface area contributed by atoms with E-state index in [4.69, 9.17) is 10.5 Å². The Kier molecular flexibility index (Phi) is 4.15. The number of hydrogen-bond donors (Lipinski definition) is 2. The molecule has 2 rings (SSSR count). The number of carbonyl (C=O) groups excluding carboxylic acids is 1. The number of morpholine rings is 1. The molecule has 3 N–H and O–H groups in total. The Balaban J connectivity index is 1.86. The fourth-order valence-electron chi connectivity index (χ4n) is 2.40. The number of nitrogens with zero attached hydrogens (tertiary/aromatic N) is 1. The van der Waals surface area contributed by atoms with Gasteiger partial charge in [-0.15, -0.1) is 0 Å². The summed E-state index contributed by atoms with van der Waals surface area (Å²) in [5, 5.41) is 3.29. The van der Waals surface area contributed by atoms with Crippen LogP contribution in [0.25, 0.3) is 0 Å². The van der Waals surface area contributed by atoms with Crippen LogP contribution in [0, 0.1) is 5.92 Å². The smallest absolute Gasteiger partial charge is 0.239 e. The average molecular weight is 227 g/mol. The number of nitrogens with two attached hydrogens (primary N) is 1. The molecule has 2 fully saturated rings. The lowest BCUT2D eigenvalue weighted by Gasteiger charge is -2.33. The first-order valence-corrected chi connectivity index (χ1v) is 6.12. The average Bonchev–Trinajstić information content (AvgIpc) is 2.39. The number of ether oxygens (including phenoxy) is 1. The first-order valence-electron chi connectivity index (χ1n) is 6.12. The summed E-state index contributed by atoms with van der Waals surface area (Å²) in [5.41, 5.74) is 6.06.